The molecule has 1 spiro atoms. The Balaban J connectivity index is 1.67. The molecule has 1 fully saturated rings. The van der Waals surface area contributed by atoms with Crippen LogP contribution in [0.25, 0.3) is 0 Å². The summed E-state index contributed by atoms with van der Waals surface area (Å²) in [5.74, 6) is -1.80. The van der Waals surface area contributed by atoms with Crippen LogP contribution in [0.5, 0.6) is 0 Å². The number of fused-ring (bicyclic) bond motifs is 3. The van der Waals surface area contributed by atoms with Gasteiger partial charge in [0.2, 0.25) is 5.79 Å². The molecule has 1 saturated heterocycles. The number of aromatic nitrogens is 1. The van der Waals surface area contributed by atoms with Crippen molar-refractivity contribution in [2.45, 2.75) is 70.0 Å². The molecular formula is C23H29NO6. The Morgan fingerprint density at radius 3 is 2.87 bits per heavy atom. The lowest BCUT2D eigenvalue weighted by atomic mass is 9.80. The molecule has 0 saturated carbocycles. The maximum absolute atomic E-state index is 12.1. The molecular weight excluding hydrogens is 386 g/mol. The van der Waals surface area contributed by atoms with Crippen molar-refractivity contribution < 1.29 is 28.9 Å². The molecule has 3 aliphatic rings. The van der Waals surface area contributed by atoms with Gasteiger partial charge in [-0.15, -0.1) is 0 Å². The highest BCUT2D eigenvalue weighted by atomic mass is 16.7. The van der Waals surface area contributed by atoms with Crippen molar-refractivity contribution in [1.82, 2.24) is 4.57 Å². The van der Waals surface area contributed by atoms with E-state index in [9.17, 15) is 14.7 Å². The van der Waals surface area contributed by atoms with Crippen molar-refractivity contribution in [3.8, 4) is 0 Å². The van der Waals surface area contributed by atoms with Gasteiger partial charge in [0.15, 0.2) is 0 Å². The molecule has 0 bridgehead atoms. The first kappa shape index (κ1) is 20.9. The van der Waals surface area contributed by atoms with E-state index in [0.29, 0.717) is 5.57 Å². The van der Waals surface area contributed by atoms with Gasteiger partial charge in [0.25, 0.3) is 0 Å². The molecule has 0 aliphatic carbocycles. The smallest absolute Gasteiger partial charge is 0.336 e. The number of methoxy groups -OCH3 is 1. The Morgan fingerprint density at radius 1 is 1.47 bits per heavy atom. The van der Waals surface area contributed by atoms with Crippen molar-refractivity contribution in [2.24, 2.45) is 5.92 Å². The number of ether oxygens (including phenoxy) is 3. The van der Waals surface area contributed by atoms with Crippen LogP contribution >= 0.6 is 0 Å². The summed E-state index contributed by atoms with van der Waals surface area (Å²) in [5, 5.41) is 10.8. The van der Waals surface area contributed by atoms with Gasteiger partial charge < -0.3 is 23.9 Å². The number of hydrogen-bond acceptors (Lipinski definition) is 6. The highest BCUT2D eigenvalue weighted by Crippen LogP contribution is 2.54. The van der Waals surface area contributed by atoms with Gasteiger partial charge in [-0.3, -0.25) is 0 Å². The molecule has 1 N–H and O–H groups in total. The van der Waals surface area contributed by atoms with Crippen LogP contribution in [-0.2, 0) is 30.3 Å². The van der Waals surface area contributed by atoms with Crippen LogP contribution in [0.1, 0.15) is 62.9 Å². The average Bonchev–Trinajstić information content (AvgIpc) is 3.30. The standard InChI is InChI=1S/C23H29NO6/c1-5-15-20-17-9-8-16(18(25)11-13(2)21(26)28-4)24(17)10-6-7-19(20)29-23(15)12-14(3)22(27)30-23/h8-9,12,15,18-20,25H,2,5-7,10-11H2,1,3-4H3/t15-,18-,19+,20+,23-/m0/s1. The lowest BCUT2D eigenvalue weighted by Crippen LogP contribution is -2.36. The summed E-state index contributed by atoms with van der Waals surface area (Å²) in [6.07, 6.45) is 3.55. The van der Waals surface area contributed by atoms with E-state index in [1.54, 1.807) is 6.92 Å². The lowest BCUT2D eigenvalue weighted by molar-refractivity contribution is -0.204. The van der Waals surface area contributed by atoms with Gasteiger partial charge in [-0.05, 0) is 44.4 Å². The van der Waals surface area contributed by atoms with Crippen molar-refractivity contribution in [2.75, 3.05) is 7.11 Å². The minimum absolute atomic E-state index is 0.00863. The molecule has 30 heavy (non-hydrogen) atoms. The summed E-state index contributed by atoms with van der Waals surface area (Å²) in [6, 6.07) is 3.94. The third-order valence-electron chi connectivity index (χ3n) is 6.63. The van der Waals surface area contributed by atoms with Crippen LogP contribution < -0.4 is 0 Å². The van der Waals surface area contributed by atoms with E-state index in [2.05, 4.69) is 18.1 Å². The van der Waals surface area contributed by atoms with E-state index in [4.69, 9.17) is 14.2 Å². The maximum atomic E-state index is 12.1. The number of esters is 2. The van der Waals surface area contributed by atoms with Gasteiger partial charge in [0.05, 0.1) is 19.3 Å². The average molecular weight is 415 g/mol. The van der Waals surface area contributed by atoms with E-state index in [1.165, 1.54) is 7.11 Å². The number of aliphatic hydroxyl groups is 1. The first-order valence-electron chi connectivity index (χ1n) is 10.6. The lowest BCUT2D eigenvalue weighted by Gasteiger charge is -2.29. The fraction of sp³-hybridized carbons (Fsp3) is 0.565. The first-order chi connectivity index (χ1) is 14.3. The predicted octanol–water partition coefficient (Wildman–Crippen LogP) is 3.14. The van der Waals surface area contributed by atoms with E-state index >= 15 is 0 Å². The second-order valence-corrected chi connectivity index (χ2v) is 8.43. The second kappa shape index (κ2) is 7.71. The zero-order valence-corrected chi connectivity index (χ0v) is 17.7. The van der Waals surface area contributed by atoms with E-state index in [-0.39, 0.29) is 35.9 Å². The van der Waals surface area contributed by atoms with Crippen molar-refractivity contribution in [3.63, 3.8) is 0 Å². The number of aliphatic hydroxyl groups excluding tert-OH is 1. The third-order valence-corrected chi connectivity index (χ3v) is 6.63. The molecule has 0 unspecified atom stereocenters. The van der Waals surface area contributed by atoms with E-state index < -0.39 is 17.9 Å². The summed E-state index contributed by atoms with van der Waals surface area (Å²) in [7, 11) is 1.30. The monoisotopic (exact) mass is 415 g/mol. The molecule has 0 aromatic carbocycles. The van der Waals surface area contributed by atoms with Crippen LogP contribution in [0.4, 0.5) is 0 Å². The topological polar surface area (TPSA) is 87.0 Å². The number of rotatable bonds is 5. The molecule has 4 rings (SSSR count). The van der Waals surface area contributed by atoms with Crippen molar-refractivity contribution >= 4 is 11.9 Å². The summed E-state index contributed by atoms with van der Waals surface area (Å²) >= 11 is 0. The van der Waals surface area contributed by atoms with Crippen molar-refractivity contribution in [3.05, 3.63) is 47.3 Å². The molecule has 1 aromatic rings. The maximum Gasteiger partial charge on any atom is 0.336 e. The first-order valence-corrected chi connectivity index (χ1v) is 10.6. The number of carbonyl (C=O) groups is 2. The normalized spacial score (nSPS) is 30.9. The molecule has 0 radical (unpaired) electrons. The quantitative estimate of drug-likeness (QED) is 0.587. The zero-order chi connectivity index (χ0) is 21.6. The highest BCUT2D eigenvalue weighted by Gasteiger charge is 2.59. The van der Waals surface area contributed by atoms with Gasteiger partial charge in [-0.2, -0.15) is 0 Å². The minimum atomic E-state index is -1.00. The third kappa shape index (κ3) is 3.20. The van der Waals surface area contributed by atoms with Crippen LogP contribution in [-0.4, -0.2) is 40.6 Å². The molecule has 162 valence electrons. The van der Waals surface area contributed by atoms with Crippen LogP contribution in [0, 0.1) is 5.92 Å². The predicted molar refractivity (Wildman–Crippen MR) is 108 cm³/mol. The van der Waals surface area contributed by atoms with Gasteiger partial charge in [0.1, 0.15) is 0 Å². The molecule has 5 atom stereocenters. The zero-order valence-electron chi connectivity index (χ0n) is 17.7. The fourth-order valence-electron chi connectivity index (χ4n) is 5.29. The summed E-state index contributed by atoms with van der Waals surface area (Å²) in [6.45, 7) is 8.33. The Hall–Kier alpha value is -2.38. The second-order valence-electron chi connectivity index (χ2n) is 8.43. The molecule has 0 amide bonds. The van der Waals surface area contributed by atoms with Crippen LogP contribution in [0.2, 0.25) is 0 Å². The molecule has 1 aromatic heterocycles. The molecule has 7 heteroatoms. The van der Waals surface area contributed by atoms with Gasteiger partial charge in [-0.25, -0.2) is 9.59 Å². The number of hydrogen-bond donors (Lipinski definition) is 1. The van der Waals surface area contributed by atoms with Crippen LogP contribution in [0.15, 0.2) is 35.9 Å². The Bertz CT molecular complexity index is 915. The van der Waals surface area contributed by atoms with Gasteiger partial charge in [0, 0.05) is 47.3 Å². The Morgan fingerprint density at radius 2 is 2.23 bits per heavy atom. The van der Waals surface area contributed by atoms with Crippen LogP contribution in [0.3, 0.4) is 0 Å². The van der Waals surface area contributed by atoms with Gasteiger partial charge in [-0.1, -0.05) is 13.5 Å². The Kier molecular flexibility index (Phi) is 5.36. The largest absolute Gasteiger partial charge is 0.466 e. The SMILES string of the molecule is C=C(C[C@H](O)c1ccc2n1CCC[C@H]1O[C@]3(C=C(C)C(=O)O3)[C@@H](CC)[C@H]21)C(=O)OC. The number of nitrogens with zero attached hydrogens (tertiary/aromatic N) is 1. The van der Waals surface area contributed by atoms with E-state index in [0.717, 1.165) is 37.2 Å². The summed E-state index contributed by atoms with van der Waals surface area (Å²) in [4.78, 5) is 23.8. The number of carbonyl (C=O) groups excluding carboxylic acids is 2. The fourth-order valence-corrected chi connectivity index (χ4v) is 5.29. The summed E-state index contributed by atoms with van der Waals surface area (Å²) in [5.41, 5.74) is 2.65. The Labute approximate surface area is 176 Å². The summed E-state index contributed by atoms with van der Waals surface area (Å²) < 4.78 is 19.0. The molecule has 4 heterocycles. The molecule has 3 aliphatic heterocycles. The van der Waals surface area contributed by atoms with E-state index in [1.807, 2.05) is 18.2 Å². The van der Waals surface area contributed by atoms with Gasteiger partial charge >= 0.3 is 11.9 Å². The molecule has 7 nitrogen and oxygen atoms in total. The highest BCUT2D eigenvalue weighted by molar-refractivity contribution is 5.90. The minimum Gasteiger partial charge on any atom is -0.466 e. The van der Waals surface area contributed by atoms with Crippen molar-refractivity contribution in [1.29, 1.82) is 0 Å².